The Bertz CT molecular complexity index is 2780. The lowest BCUT2D eigenvalue weighted by Gasteiger charge is -2.48. The molecule has 0 bridgehead atoms. The van der Waals surface area contributed by atoms with Gasteiger partial charge >= 0.3 is 0 Å². The van der Waals surface area contributed by atoms with Crippen molar-refractivity contribution in [3.05, 3.63) is 149 Å². The van der Waals surface area contributed by atoms with Gasteiger partial charge < -0.3 is 9.80 Å². The van der Waals surface area contributed by atoms with Crippen LogP contribution in [0.4, 0.5) is 34.1 Å². The van der Waals surface area contributed by atoms with Crippen molar-refractivity contribution in [2.75, 3.05) is 9.80 Å². The minimum atomic E-state index is -2.36. The number of hydrogen-bond acceptors (Lipinski definition) is 2. The van der Waals surface area contributed by atoms with Crippen LogP contribution in [-0.2, 0) is 27.1 Å². The van der Waals surface area contributed by atoms with Gasteiger partial charge in [0.05, 0.1) is 5.69 Å². The highest BCUT2D eigenvalue weighted by molar-refractivity contribution is 7.00. The van der Waals surface area contributed by atoms with E-state index in [1.165, 1.54) is 38.7 Å². The second-order valence-corrected chi connectivity index (χ2v) is 22.4. The molecule has 3 aliphatic rings. The minimum absolute atomic E-state index is 0.0178. The molecule has 6 aromatic carbocycles. The van der Waals surface area contributed by atoms with Crippen LogP contribution in [0.2, 0.25) is 0 Å². The summed E-state index contributed by atoms with van der Waals surface area (Å²) in [7, 11) is 0. The van der Waals surface area contributed by atoms with E-state index < -0.39 is 6.85 Å². The van der Waals surface area contributed by atoms with Crippen molar-refractivity contribution in [3.8, 4) is 11.1 Å². The Morgan fingerprint density at radius 2 is 1.02 bits per heavy atom. The van der Waals surface area contributed by atoms with Crippen LogP contribution in [0.15, 0.2) is 115 Å². The van der Waals surface area contributed by atoms with Gasteiger partial charge in [0.25, 0.3) is 6.71 Å². The molecule has 0 radical (unpaired) electrons. The summed E-state index contributed by atoms with van der Waals surface area (Å²) in [4.78, 5) is 4.81. The van der Waals surface area contributed by atoms with Crippen molar-refractivity contribution in [2.24, 2.45) is 0 Å². The molecular weight excluding hydrogens is 723 g/mol. The zero-order chi connectivity index (χ0) is 45.4. The minimum Gasteiger partial charge on any atom is -0.311 e. The Balaban J connectivity index is 1.46. The number of fused-ring (bicyclic) bond motifs is 5. The van der Waals surface area contributed by atoms with E-state index in [0.29, 0.717) is 5.56 Å². The molecule has 9 rings (SSSR count). The van der Waals surface area contributed by atoms with Crippen molar-refractivity contribution in [3.63, 3.8) is 0 Å². The van der Waals surface area contributed by atoms with Crippen LogP contribution in [0.25, 0.3) is 11.1 Å². The second-order valence-electron chi connectivity index (χ2n) is 22.4. The van der Waals surface area contributed by atoms with Gasteiger partial charge in [-0.3, -0.25) is 0 Å². The molecule has 0 saturated heterocycles. The second kappa shape index (κ2) is 13.5. The van der Waals surface area contributed by atoms with Gasteiger partial charge in [-0.2, -0.15) is 0 Å². The Hall–Kier alpha value is -5.02. The summed E-state index contributed by atoms with van der Waals surface area (Å²) in [5.41, 5.74) is 18.7. The first-order valence-electron chi connectivity index (χ1n) is 23.7. The number of aryl methyl sites for hydroxylation is 1. The number of benzene rings is 6. The fourth-order valence-electron chi connectivity index (χ4n) is 10.2. The molecule has 2 nitrogen and oxygen atoms in total. The summed E-state index contributed by atoms with van der Waals surface area (Å²) < 4.78 is 27.1. The van der Waals surface area contributed by atoms with E-state index in [-0.39, 0.29) is 33.8 Å². The normalized spacial score (nSPS) is 17.5. The quantitative estimate of drug-likeness (QED) is 0.164. The molecule has 0 aromatic heterocycles. The SMILES string of the molecule is [2H]C([2H])([2H])c1cc2c3c(c1)N(c1ccc(C(C)(C)C)cc1-c1ccccc1)c1cc4c(cc1B3c1cc(C(C)(C)C)ccc1N2c1ccc(C(C)(C)C)cc1)C(C)(C)CCC4(C)C. The maximum absolute atomic E-state index is 9.05. The van der Waals surface area contributed by atoms with Crippen LogP contribution in [0.3, 0.4) is 0 Å². The molecule has 0 atom stereocenters. The summed E-state index contributed by atoms with van der Waals surface area (Å²) in [6.07, 6.45) is 2.20. The number of anilines is 6. The Kier molecular flexibility index (Phi) is 8.28. The van der Waals surface area contributed by atoms with Gasteiger partial charge in [-0.05, 0) is 151 Å². The number of nitrogens with zero attached hydrogens (tertiary/aromatic N) is 2. The van der Waals surface area contributed by atoms with Crippen molar-refractivity contribution in [1.82, 2.24) is 0 Å². The van der Waals surface area contributed by atoms with Gasteiger partial charge in [0.15, 0.2) is 0 Å². The zero-order valence-corrected chi connectivity index (χ0v) is 38.4. The Labute approximate surface area is 366 Å². The van der Waals surface area contributed by atoms with Crippen LogP contribution in [0, 0.1) is 6.85 Å². The van der Waals surface area contributed by atoms with Crippen LogP contribution >= 0.6 is 0 Å². The van der Waals surface area contributed by atoms with Crippen molar-refractivity contribution in [1.29, 1.82) is 0 Å². The number of rotatable bonds is 3. The average molecular weight is 792 g/mol. The summed E-state index contributed by atoms with van der Waals surface area (Å²) in [6.45, 7) is 27.6. The van der Waals surface area contributed by atoms with Gasteiger partial charge in [-0.15, -0.1) is 0 Å². The van der Waals surface area contributed by atoms with E-state index in [2.05, 4.69) is 203 Å². The van der Waals surface area contributed by atoms with E-state index >= 15 is 0 Å². The maximum atomic E-state index is 9.05. The van der Waals surface area contributed by atoms with Crippen molar-refractivity contribution in [2.45, 2.75) is 137 Å². The lowest BCUT2D eigenvalue weighted by atomic mass is 9.33. The Morgan fingerprint density at radius 1 is 0.500 bits per heavy atom. The van der Waals surface area contributed by atoms with Crippen LogP contribution in [0.1, 0.15) is 140 Å². The third-order valence-corrected chi connectivity index (χ3v) is 14.1. The molecule has 0 unspecified atom stereocenters. The van der Waals surface area contributed by atoms with E-state index in [1.807, 2.05) is 12.1 Å². The molecule has 2 heterocycles. The van der Waals surface area contributed by atoms with E-state index in [4.69, 9.17) is 4.11 Å². The van der Waals surface area contributed by atoms with E-state index in [9.17, 15) is 0 Å². The molecule has 2 aliphatic heterocycles. The smallest absolute Gasteiger partial charge is 0.252 e. The summed E-state index contributed by atoms with van der Waals surface area (Å²) in [6, 6.07) is 42.7. The molecule has 306 valence electrons. The topological polar surface area (TPSA) is 6.48 Å². The Morgan fingerprint density at radius 3 is 1.60 bits per heavy atom. The van der Waals surface area contributed by atoms with Gasteiger partial charge in [0.1, 0.15) is 0 Å². The molecule has 0 fully saturated rings. The summed E-state index contributed by atoms with van der Waals surface area (Å²) in [5.74, 6) is 0. The molecule has 0 N–H and O–H groups in total. The molecule has 3 heteroatoms. The fraction of sp³-hybridized carbons (Fsp3) is 0.368. The highest BCUT2D eigenvalue weighted by Gasteiger charge is 2.47. The number of hydrogen-bond donors (Lipinski definition) is 0. The summed E-state index contributed by atoms with van der Waals surface area (Å²) in [5, 5.41) is 0. The zero-order valence-electron chi connectivity index (χ0n) is 41.4. The molecule has 1 aliphatic carbocycles. The van der Waals surface area contributed by atoms with Crippen LogP contribution in [0.5, 0.6) is 0 Å². The average Bonchev–Trinajstić information content (AvgIpc) is 3.20. The maximum Gasteiger partial charge on any atom is 0.252 e. The van der Waals surface area contributed by atoms with Gasteiger partial charge in [0, 0.05) is 38.1 Å². The predicted octanol–water partition coefficient (Wildman–Crippen LogP) is 14.0. The van der Waals surface area contributed by atoms with Crippen molar-refractivity contribution >= 4 is 57.2 Å². The first kappa shape index (κ1) is 36.8. The highest BCUT2D eigenvalue weighted by Crippen LogP contribution is 2.52. The standard InChI is InChI=1S/C57H65BN2/c1-36-30-50-52-51(31-36)60(47-26-22-39(54(5,6)7)32-42(47)37-18-16-15-17-19-37)49-35-44-43(56(11,12)28-29-57(44,13)14)34-46(49)58(52)45-33-40(55(8,9)10)23-27-48(45)59(50)41-24-20-38(21-25-41)53(2,3)4/h15-27,30-35H,28-29H2,1-14H3/i1D3. The van der Waals surface area contributed by atoms with Gasteiger partial charge in [-0.1, -0.05) is 157 Å². The molecule has 0 amide bonds. The van der Waals surface area contributed by atoms with Gasteiger partial charge in [-0.25, -0.2) is 0 Å². The highest BCUT2D eigenvalue weighted by atomic mass is 15.2. The van der Waals surface area contributed by atoms with Crippen LogP contribution < -0.4 is 26.2 Å². The molecule has 60 heavy (non-hydrogen) atoms. The molecule has 0 saturated carbocycles. The third kappa shape index (κ3) is 6.54. The van der Waals surface area contributed by atoms with Crippen LogP contribution in [-0.4, -0.2) is 6.71 Å². The molecule has 0 spiro atoms. The lowest BCUT2D eigenvalue weighted by Crippen LogP contribution is -2.62. The third-order valence-electron chi connectivity index (χ3n) is 14.1. The van der Waals surface area contributed by atoms with Gasteiger partial charge in [0.2, 0.25) is 0 Å². The summed E-state index contributed by atoms with van der Waals surface area (Å²) >= 11 is 0. The van der Waals surface area contributed by atoms with E-state index in [1.54, 1.807) is 0 Å². The van der Waals surface area contributed by atoms with Crippen molar-refractivity contribution < 1.29 is 4.11 Å². The molecular formula is C57H65BN2. The predicted molar refractivity (Wildman–Crippen MR) is 262 cm³/mol. The van der Waals surface area contributed by atoms with E-state index in [0.717, 1.165) is 63.6 Å². The first-order chi connectivity index (χ1) is 29.3. The molecule has 6 aromatic rings. The first-order valence-corrected chi connectivity index (χ1v) is 22.2. The fourth-order valence-corrected chi connectivity index (χ4v) is 10.2. The monoisotopic (exact) mass is 792 g/mol. The lowest BCUT2D eigenvalue weighted by molar-refractivity contribution is 0.332. The largest absolute Gasteiger partial charge is 0.311 e.